The molecule has 1 fully saturated rings. The second-order valence-corrected chi connectivity index (χ2v) is 12.1. The van der Waals surface area contributed by atoms with Crippen LogP contribution in [0.3, 0.4) is 0 Å². The number of nitrogens with zero attached hydrogens (tertiary/aromatic N) is 1. The summed E-state index contributed by atoms with van der Waals surface area (Å²) in [5, 5.41) is 0.668. The van der Waals surface area contributed by atoms with Gasteiger partial charge in [0, 0.05) is 11.1 Å². The second-order valence-electron chi connectivity index (χ2n) is 9.46. The van der Waals surface area contributed by atoms with Gasteiger partial charge in [-0.05, 0) is 48.7 Å². The molecule has 2 aliphatic rings. The highest BCUT2D eigenvalue weighted by atomic mass is 35.5. The number of unbranched alkanes of at least 4 members (excludes halogenated alkanes) is 3. The molecule has 0 bridgehead atoms. The molecule has 9 heteroatoms. The van der Waals surface area contributed by atoms with Crippen molar-refractivity contribution in [3.63, 3.8) is 0 Å². The Hall–Kier alpha value is -2.84. The minimum atomic E-state index is -3.27. The molecule has 3 aromatic rings. The molecule has 2 aromatic carbocycles. The monoisotopic (exact) mass is 529 g/mol. The smallest absolute Gasteiger partial charge is 0.291 e. The Morgan fingerprint density at radius 2 is 1.86 bits per heavy atom. The summed E-state index contributed by atoms with van der Waals surface area (Å²) in [5.41, 5.74) is 0.834. The minimum Gasteiger partial charge on any atom is -0.494 e. The van der Waals surface area contributed by atoms with Crippen molar-refractivity contribution in [3.05, 3.63) is 74.6 Å². The number of carbonyl (C=O) groups is 1. The van der Waals surface area contributed by atoms with Crippen LogP contribution < -0.4 is 10.2 Å². The van der Waals surface area contributed by atoms with Crippen LogP contribution in [0.2, 0.25) is 5.02 Å². The fourth-order valence-electron chi connectivity index (χ4n) is 5.13. The Kier molecular flexibility index (Phi) is 6.83. The standard InChI is InChI=1S/C27H28ClNO6S/c1-2-3-4-5-13-34-20-9-6-17(7-10-20)24-23-25(30)21-15-18(28)8-11-22(21)35-26(23)27(31)29(24)19-12-14-36(32,33)16-19/h6-11,15,19,24H,2-5,12-14,16H2,1H3. The SMILES string of the molecule is CCCCCCOc1ccc(C2c3c(oc4ccc(Cl)cc4c3=O)C(=O)N2C2CCS(=O)(=O)C2)cc1. The molecule has 3 heterocycles. The summed E-state index contributed by atoms with van der Waals surface area (Å²) in [6, 6.07) is 10.7. The van der Waals surface area contributed by atoms with E-state index in [9.17, 15) is 18.0 Å². The number of benzene rings is 2. The Morgan fingerprint density at radius 3 is 2.56 bits per heavy atom. The van der Waals surface area contributed by atoms with E-state index in [0.717, 1.165) is 19.3 Å². The first-order valence-electron chi connectivity index (χ1n) is 12.3. The maximum atomic E-state index is 13.6. The van der Waals surface area contributed by atoms with Crippen molar-refractivity contribution in [1.29, 1.82) is 0 Å². The number of hydrogen-bond acceptors (Lipinski definition) is 6. The van der Waals surface area contributed by atoms with E-state index in [4.69, 9.17) is 20.8 Å². The molecule has 7 nitrogen and oxygen atoms in total. The van der Waals surface area contributed by atoms with Gasteiger partial charge in [0.2, 0.25) is 5.76 Å². The molecule has 2 unspecified atom stereocenters. The third kappa shape index (κ3) is 4.64. The lowest BCUT2D eigenvalue weighted by Gasteiger charge is -2.30. The molecule has 2 aliphatic heterocycles. The third-order valence-corrected chi connectivity index (χ3v) is 8.92. The van der Waals surface area contributed by atoms with E-state index in [1.54, 1.807) is 12.1 Å². The summed E-state index contributed by atoms with van der Waals surface area (Å²) >= 11 is 6.14. The van der Waals surface area contributed by atoms with Crippen LogP contribution in [0.1, 0.15) is 66.8 Å². The van der Waals surface area contributed by atoms with Crippen molar-refractivity contribution in [2.24, 2.45) is 0 Å². The molecular weight excluding hydrogens is 502 g/mol. The van der Waals surface area contributed by atoms with E-state index in [0.29, 0.717) is 29.4 Å². The van der Waals surface area contributed by atoms with Crippen LogP contribution in [0.4, 0.5) is 0 Å². The number of rotatable bonds is 8. The molecule has 1 aromatic heterocycles. The maximum Gasteiger partial charge on any atom is 0.291 e. The van der Waals surface area contributed by atoms with Gasteiger partial charge >= 0.3 is 0 Å². The summed E-state index contributed by atoms with van der Waals surface area (Å²) in [6.45, 7) is 2.78. The molecule has 5 rings (SSSR count). The fourth-order valence-corrected chi connectivity index (χ4v) is 7.01. The molecule has 36 heavy (non-hydrogen) atoms. The lowest BCUT2D eigenvalue weighted by Crippen LogP contribution is -2.40. The lowest BCUT2D eigenvalue weighted by atomic mass is 9.97. The van der Waals surface area contributed by atoms with Crippen LogP contribution in [0.15, 0.2) is 51.7 Å². The molecule has 1 amide bonds. The summed E-state index contributed by atoms with van der Waals surface area (Å²) in [7, 11) is -3.27. The summed E-state index contributed by atoms with van der Waals surface area (Å²) in [6.07, 6.45) is 4.73. The Morgan fingerprint density at radius 1 is 1.08 bits per heavy atom. The number of halogens is 1. The Bertz CT molecular complexity index is 1460. The number of ether oxygens (including phenoxy) is 1. The van der Waals surface area contributed by atoms with Gasteiger partial charge in [-0.15, -0.1) is 0 Å². The average Bonchev–Trinajstić information content (AvgIpc) is 3.36. The molecule has 2 atom stereocenters. The van der Waals surface area contributed by atoms with Crippen molar-refractivity contribution < 1.29 is 22.4 Å². The van der Waals surface area contributed by atoms with E-state index in [-0.39, 0.29) is 39.2 Å². The normalized spacial score (nSPS) is 20.7. The third-order valence-electron chi connectivity index (χ3n) is 6.93. The van der Waals surface area contributed by atoms with Gasteiger partial charge in [0.25, 0.3) is 5.91 Å². The zero-order chi connectivity index (χ0) is 25.4. The first-order valence-corrected chi connectivity index (χ1v) is 14.5. The molecule has 0 saturated carbocycles. The van der Waals surface area contributed by atoms with Gasteiger partial charge in [-0.2, -0.15) is 0 Å². The predicted octanol–water partition coefficient (Wildman–Crippen LogP) is 5.14. The fraction of sp³-hybridized carbons (Fsp3) is 0.407. The highest BCUT2D eigenvalue weighted by Crippen LogP contribution is 2.42. The van der Waals surface area contributed by atoms with Crippen molar-refractivity contribution in [2.75, 3.05) is 18.1 Å². The van der Waals surface area contributed by atoms with Crippen LogP contribution in [0.5, 0.6) is 5.75 Å². The number of carbonyl (C=O) groups excluding carboxylic acids is 1. The summed E-state index contributed by atoms with van der Waals surface area (Å²) in [4.78, 5) is 28.7. The zero-order valence-electron chi connectivity index (χ0n) is 20.0. The quantitative estimate of drug-likeness (QED) is 0.375. The van der Waals surface area contributed by atoms with Crippen molar-refractivity contribution >= 4 is 38.3 Å². The first kappa shape index (κ1) is 24.8. The van der Waals surface area contributed by atoms with Crippen LogP contribution in [-0.4, -0.2) is 43.4 Å². The minimum absolute atomic E-state index is 0.00821. The van der Waals surface area contributed by atoms with Crippen LogP contribution in [0.25, 0.3) is 11.0 Å². The van der Waals surface area contributed by atoms with Crippen molar-refractivity contribution in [3.8, 4) is 5.75 Å². The number of sulfone groups is 1. The molecular formula is C27H28ClNO6S. The predicted molar refractivity (Wildman–Crippen MR) is 139 cm³/mol. The van der Waals surface area contributed by atoms with Gasteiger partial charge in [0.15, 0.2) is 15.3 Å². The van der Waals surface area contributed by atoms with Crippen LogP contribution in [0, 0.1) is 0 Å². The first-order chi connectivity index (χ1) is 17.3. The lowest BCUT2D eigenvalue weighted by molar-refractivity contribution is 0.0662. The topological polar surface area (TPSA) is 93.9 Å². The largest absolute Gasteiger partial charge is 0.494 e. The molecule has 0 aliphatic carbocycles. The highest BCUT2D eigenvalue weighted by Gasteiger charge is 2.48. The van der Waals surface area contributed by atoms with Gasteiger partial charge < -0.3 is 14.1 Å². The highest BCUT2D eigenvalue weighted by molar-refractivity contribution is 7.91. The van der Waals surface area contributed by atoms with Gasteiger partial charge in [0.05, 0.1) is 35.1 Å². The molecule has 0 N–H and O–H groups in total. The average molecular weight is 530 g/mol. The van der Waals surface area contributed by atoms with E-state index in [1.807, 2.05) is 24.3 Å². The van der Waals surface area contributed by atoms with E-state index in [2.05, 4.69) is 6.92 Å². The van der Waals surface area contributed by atoms with Crippen LogP contribution >= 0.6 is 11.6 Å². The maximum absolute atomic E-state index is 13.6. The molecule has 0 radical (unpaired) electrons. The Labute approximate surface area is 214 Å². The summed E-state index contributed by atoms with van der Waals surface area (Å²) < 4.78 is 36.3. The Balaban J connectivity index is 1.54. The van der Waals surface area contributed by atoms with Gasteiger partial charge in [-0.25, -0.2) is 8.42 Å². The number of fused-ring (bicyclic) bond motifs is 2. The molecule has 1 saturated heterocycles. The number of hydrogen-bond donors (Lipinski definition) is 0. The van der Waals surface area contributed by atoms with Gasteiger partial charge in [-0.1, -0.05) is 49.9 Å². The van der Waals surface area contributed by atoms with E-state index in [1.165, 1.54) is 17.4 Å². The zero-order valence-corrected chi connectivity index (χ0v) is 21.6. The number of amides is 1. The second kappa shape index (κ2) is 9.90. The van der Waals surface area contributed by atoms with E-state index < -0.39 is 27.8 Å². The van der Waals surface area contributed by atoms with E-state index >= 15 is 0 Å². The van der Waals surface area contributed by atoms with Gasteiger partial charge in [-0.3, -0.25) is 9.59 Å². The van der Waals surface area contributed by atoms with Crippen LogP contribution in [-0.2, 0) is 9.84 Å². The van der Waals surface area contributed by atoms with Gasteiger partial charge in [0.1, 0.15) is 11.3 Å². The molecule has 190 valence electrons. The summed E-state index contributed by atoms with van der Waals surface area (Å²) in [5.74, 6) is 0.0607. The van der Waals surface area contributed by atoms with Crippen molar-refractivity contribution in [2.45, 2.75) is 51.1 Å². The molecule has 0 spiro atoms. The van der Waals surface area contributed by atoms with Crippen molar-refractivity contribution in [1.82, 2.24) is 4.90 Å².